The van der Waals surface area contributed by atoms with Gasteiger partial charge in [0.05, 0.1) is 40.3 Å². The molecule has 0 saturated carbocycles. The minimum Gasteiger partial charge on any atom is -0.544 e. The number of carbonyl (C=O) groups excluding carboxylic acids is 3. The molecule has 0 aliphatic rings. The maximum atomic E-state index is 12.8. The highest BCUT2D eigenvalue weighted by Gasteiger charge is 2.25. The summed E-state index contributed by atoms with van der Waals surface area (Å²) in [5.41, 5.74) is 0. The lowest BCUT2D eigenvalue weighted by Gasteiger charge is -2.34. The summed E-state index contributed by atoms with van der Waals surface area (Å²) >= 11 is 0. The van der Waals surface area contributed by atoms with Gasteiger partial charge >= 0.3 is 11.9 Å². The first kappa shape index (κ1) is 61.2. The minimum absolute atomic E-state index is 0.0241. The lowest BCUT2D eigenvalue weighted by Crippen LogP contribution is -2.55. The van der Waals surface area contributed by atoms with Gasteiger partial charge in [-0.25, -0.2) is 0 Å². The summed E-state index contributed by atoms with van der Waals surface area (Å²) in [5, 5.41) is 11.7. The predicted molar refractivity (Wildman–Crippen MR) is 272 cm³/mol. The molecule has 0 spiro atoms. The lowest BCUT2D eigenvalue weighted by molar-refractivity contribution is -0.889. The van der Waals surface area contributed by atoms with Crippen LogP contribution in [0.4, 0.5) is 0 Å². The third kappa shape index (κ3) is 45.2. The fourth-order valence-corrected chi connectivity index (χ4v) is 6.99. The van der Waals surface area contributed by atoms with Crippen LogP contribution in [0.2, 0.25) is 0 Å². The fourth-order valence-electron chi connectivity index (χ4n) is 6.99. The number of quaternary nitrogens is 1. The quantitative estimate of drug-likeness (QED) is 0.0259. The Bertz CT molecular complexity index is 1380. The molecule has 0 radical (unpaired) electrons. The second-order valence-electron chi connectivity index (χ2n) is 18.0. The number of hydrogen-bond donors (Lipinski definition) is 0. The van der Waals surface area contributed by atoms with Crippen molar-refractivity contribution in [2.24, 2.45) is 0 Å². The van der Waals surface area contributed by atoms with Gasteiger partial charge in [-0.2, -0.15) is 0 Å². The Morgan fingerprint density at radius 1 is 0.477 bits per heavy atom. The van der Waals surface area contributed by atoms with Crippen LogP contribution in [0.3, 0.4) is 0 Å². The molecule has 0 aromatic rings. The van der Waals surface area contributed by atoms with Gasteiger partial charge in [0.2, 0.25) is 0 Å². The van der Waals surface area contributed by atoms with Crippen LogP contribution in [0.25, 0.3) is 0 Å². The Balaban J connectivity index is 4.33. The third-order valence-corrected chi connectivity index (χ3v) is 11.0. The van der Waals surface area contributed by atoms with Crippen molar-refractivity contribution in [3.05, 3.63) is 97.2 Å². The molecule has 0 heterocycles. The number of esters is 2. The Kier molecular flexibility index (Phi) is 44.1. The van der Waals surface area contributed by atoms with Crippen molar-refractivity contribution in [3.8, 4) is 0 Å². The van der Waals surface area contributed by atoms with Gasteiger partial charge in [0.15, 0.2) is 6.10 Å². The summed E-state index contributed by atoms with van der Waals surface area (Å²) in [4.78, 5) is 37.1. The van der Waals surface area contributed by atoms with Crippen molar-refractivity contribution < 1.29 is 38.2 Å². The van der Waals surface area contributed by atoms with E-state index >= 15 is 0 Å². The molecule has 8 nitrogen and oxygen atoms in total. The van der Waals surface area contributed by atoms with Crippen molar-refractivity contribution >= 4 is 17.9 Å². The molecular weight excluding hydrogens is 811 g/mol. The maximum absolute atomic E-state index is 12.8. The number of nitrogens with zero attached hydrogens (tertiary/aromatic N) is 1. The average Bonchev–Trinajstić information content (AvgIpc) is 3.27. The van der Waals surface area contributed by atoms with Crippen molar-refractivity contribution in [2.75, 3.05) is 41.0 Å². The van der Waals surface area contributed by atoms with E-state index in [4.69, 9.17) is 14.2 Å². The van der Waals surface area contributed by atoms with Crippen LogP contribution < -0.4 is 5.11 Å². The highest BCUT2D eigenvalue weighted by atomic mass is 16.6. The summed E-state index contributed by atoms with van der Waals surface area (Å²) in [7, 11) is 5.40. The van der Waals surface area contributed by atoms with Crippen LogP contribution in [0.5, 0.6) is 0 Å². The number of ether oxygens (including phenoxy) is 3. The van der Waals surface area contributed by atoms with E-state index in [0.717, 1.165) is 116 Å². The van der Waals surface area contributed by atoms with Gasteiger partial charge in [0.1, 0.15) is 12.6 Å². The van der Waals surface area contributed by atoms with Gasteiger partial charge < -0.3 is 28.6 Å². The highest BCUT2D eigenvalue weighted by Crippen LogP contribution is 2.13. The number of aliphatic carboxylic acids is 1. The SMILES string of the molecule is CC/C=C/C/C=C/C/C=C/C/C=C/CCCCCCCCCC(=O)OC(COCCC(C(=O)[O-])[N+](C)(C)C)COC(=O)CCCCCCC/C=C/C/C=C/C/C=C/C/C=C/CCCCC. The topological polar surface area (TPSA) is 102 Å². The summed E-state index contributed by atoms with van der Waals surface area (Å²) in [6.45, 7) is 4.49. The zero-order valence-electron chi connectivity index (χ0n) is 42.1. The largest absolute Gasteiger partial charge is 0.544 e. The van der Waals surface area contributed by atoms with Gasteiger partial charge in [-0.05, 0) is 96.3 Å². The first-order valence-corrected chi connectivity index (χ1v) is 25.8. The maximum Gasteiger partial charge on any atom is 0.306 e. The first-order chi connectivity index (χ1) is 31.6. The number of carbonyl (C=O) groups is 3. The minimum atomic E-state index is -1.13. The third-order valence-electron chi connectivity index (χ3n) is 11.0. The van der Waals surface area contributed by atoms with Gasteiger partial charge in [-0.3, -0.25) is 9.59 Å². The van der Waals surface area contributed by atoms with Gasteiger partial charge in [-0.1, -0.05) is 175 Å². The fraction of sp³-hybridized carbons (Fsp3) is 0.667. The molecule has 2 unspecified atom stereocenters. The molecular formula is C57H95NO7. The molecule has 0 bridgehead atoms. The van der Waals surface area contributed by atoms with Crippen molar-refractivity contribution in [3.63, 3.8) is 0 Å². The average molecular weight is 906 g/mol. The summed E-state index contributed by atoms with van der Waals surface area (Å²) in [6, 6.07) is -0.737. The van der Waals surface area contributed by atoms with Crippen LogP contribution in [-0.4, -0.2) is 75.5 Å². The molecule has 0 rings (SSSR count). The first-order valence-electron chi connectivity index (χ1n) is 25.8. The van der Waals surface area contributed by atoms with Crippen LogP contribution in [-0.2, 0) is 28.6 Å². The summed E-state index contributed by atoms with van der Waals surface area (Å²) in [5.74, 6) is -1.78. The van der Waals surface area contributed by atoms with Crippen LogP contribution in [0, 0.1) is 0 Å². The van der Waals surface area contributed by atoms with Crippen molar-refractivity contribution in [1.82, 2.24) is 0 Å². The molecule has 0 aromatic heterocycles. The normalized spacial score (nSPS) is 13.7. The van der Waals surface area contributed by atoms with E-state index in [2.05, 4.69) is 111 Å². The number of unbranched alkanes of at least 4 members (excludes halogenated alkanes) is 15. The molecule has 2 atom stereocenters. The van der Waals surface area contributed by atoms with E-state index in [1.807, 2.05) is 0 Å². The second-order valence-corrected chi connectivity index (χ2v) is 18.0. The smallest absolute Gasteiger partial charge is 0.306 e. The van der Waals surface area contributed by atoms with E-state index in [1.165, 1.54) is 44.9 Å². The van der Waals surface area contributed by atoms with Crippen molar-refractivity contribution in [1.29, 1.82) is 0 Å². The molecule has 8 heteroatoms. The van der Waals surface area contributed by atoms with Crippen LogP contribution in [0.15, 0.2) is 97.2 Å². The number of likely N-dealkylation sites (N-methyl/N-ethyl adjacent to an activating group) is 1. The van der Waals surface area contributed by atoms with Crippen LogP contribution in [0.1, 0.15) is 194 Å². The molecule has 0 saturated heterocycles. The number of carboxylic acid groups (broad SMARTS) is 1. The van der Waals surface area contributed by atoms with Gasteiger partial charge in [-0.15, -0.1) is 0 Å². The molecule has 0 aliphatic carbocycles. The highest BCUT2D eigenvalue weighted by molar-refractivity contribution is 5.70. The molecule has 0 aliphatic heterocycles. The zero-order chi connectivity index (χ0) is 47.7. The molecule has 0 amide bonds. The van der Waals surface area contributed by atoms with Gasteiger partial charge in [0.25, 0.3) is 0 Å². The Morgan fingerprint density at radius 2 is 0.862 bits per heavy atom. The summed E-state index contributed by atoms with van der Waals surface area (Å²) < 4.78 is 17.2. The number of carboxylic acids is 1. The Labute approximate surface area is 398 Å². The van der Waals surface area contributed by atoms with Crippen molar-refractivity contribution in [2.45, 2.75) is 206 Å². The molecule has 370 valence electrons. The lowest BCUT2D eigenvalue weighted by atomic mass is 10.1. The van der Waals surface area contributed by atoms with E-state index in [-0.39, 0.29) is 42.7 Å². The monoisotopic (exact) mass is 906 g/mol. The molecule has 65 heavy (non-hydrogen) atoms. The van der Waals surface area contributed by atoms with Crippen LogP contribution >= 0.6 is 0 Å². The summed E-state index contributed by atoms with van der Waals surface area (Å²) in [6.07, 6.45) is 62.9. The van der Waals surface area contributed by atoms with E-state index in [0.29, 0.717) is 12.8 Å². The molecule has 0 fully saturated rings. The second kappa shape index (κ2) is 46.8. The van der Waals surface area contributed by atoms with E-state index in [1.54, 1.807) is 21.1 Å². The standard InChI is InChI=1S/C57H95NO7/c1-6-8-10-12-14-16-18-20-22-24-26-28-30-31-33-35-37-39-41-43-45-47-55(59)64-52-53(51-63-50-49-54(57(61)62)58(3,4)5)65-56(60)48-46-44-42-40-38-36-34-32-29-27-25-23-21-19-17-15-13-11-9-7-2/h9,11,14-17,20-23,26-29,31,33,53-54H,6-8,10,12-13,18-19,24-25,30,32,34-52H2,1-5H3/b11-9+,16-14+,17-15+,22-20+,23-21+,28-26+,29-27+,33-31+. The van der Waals surface area contributed by atoms with Gasteiger partial charge in [0, 0.05) is 19.3 Å². The van der Waals surface area contributed by atoms with E-state index < -0.39 is 18.1 Å². The number of allylic oxidation sites excluding steroid dienone is 16. The Morgan fingerprint density at radius 3 is 1.28 bits per heavy atom. The zero-order valence-corrected chi connectivity index (χ0v) is 42.1. The van der Waals surface area contributed by atoms with E-state index in [9.17, 15) is 19.5 Å². The predicted octanol–water partition coefficient (Wildman–Crippen LogP) is 13.7. The number of hydrogen-bond acceptors (Lipinski definition) is 7. The Hall–Kier alpha value is -3.75. The number of rotatable bonds is 45. The molecule has 0 N–H and O–H groups in total. The molecule has 0 aromatic carbocycles.